The van der Waals surface area contributed by atoms with E-state index in [0.29, 0.717) is 52.8 Å². The molecule has 1 fully saturated rings. The number of ketones is 1. The first-order valence-electron chi connectivity index (χ1n) is 14.7. The molecule has 0 radical (unpaired) electrons. The zero-order chi connectivity index (χ0) is 31.2. The number of aliphatic imine (C=N–C) groups is 1. The number of carbonyl (C=O) groups is 2. The Balaban J connectivity index is 1.47. The van der Waals surface area contributed by atoms with Gasteiger partial charge in [-0.3, -0.25) is 9.79 Å². The minimum Gasteiger partial charge on any atom is -0.504 e. The van der Waals surface area contributed by atoms with Gasteiger partial charge in [0.2, 0.25) is 0 Å². The number of benzene rings is 3. The van der Waals surface area contributed by atoms with Crippen LogP contribution in [0.1, 0.15) is 49.7 Å². The molecule has 230 valence electrons. The standard InChI is InChI=1S/C35H37NO8/c1-5-42-30-20-23(11-13-27(30)37)33-32(35(39)44-16-15-43-25-9-7-6-8-10-25)21(2)36-26-17-24(18-28(38)34(26)33)22-12-14-29(40-3)31(19-22)41-4/h6-14,19-20,24,33-34,37H,5,15-18H2,1-4H3/t24-,33+,34?/m1/s1. The molecule has 0 aromatic heterocycles. The van der Waals surface area contributed by atoms with Crippen molar-refractivity contribution < 1.29 is 38.4 Å². The highest BCUT2D eigenvalue weighted by Crippen LogP contribution is 2.47. The number of phenolic OH excluding ortho intramolecular Hbond substituents is 1. The predicted octanol–water partition coefficient (Wildman–Crippen LogP) is 6.01. The summed E-state index contributed by atoms with van der Waals surface area (Å²) in [5.41, 5.74) is 3.11. The Hall–Kier alpha value is -4.79. The lowest BCUT2D eigenvalue weighted by Gasteiger charge is -2.38. The number of Topliss-reactive ketones (excluding diaryl/α,β-unsaturated/α-hetero) is 1. The third-order valence-corrected chi connectivity index (χ3v) is 8.02. The molecule has 0 bridgehead atoms. The Bertz CT molecular complexity index is 1580. The number of aromatic hydroxyl groups is 1. The zero-order valence-electron chi connectivity index (χ0n) is 25.4. The largest absolute Gasteiger partial charge is 0.504 e. The number of esters is 1. The lowest BCUT2D eigenvalue weighted by atomic mass is 9.66. The summed E-state index contributed by atoms with van der Waals surface area (Å²) in [6.07, 6.45) is 0.793. The molecule has 5 rings (SSSR count). The first-order chi connectivity index (χ1) is 21.3. The number of hydrogen-bond acceptors (Lipinski definition) is 9. The summed E-state index contributed by atoms with van der Waals surface area (Å²) >= 11 is 0. The van der Waals surface area contributed by atoms with E-state index in [4.69, 9.17) is 28.7 Å². The van der Waals surface area contributed by atoms with Crippen molar-refractivity contribution in [3.63, 3.8) is 0 Å². The third-order valence-electron chi connectivity index (χ3n) is 8.02. The van der Waals surface area contributed by atoms with Crippen LogP contribution in [0.2, 0.25) is 0 Å². The second-order valence-electron chi connectivity index (χ2n) is 10.7. The van der Waals surface area contributed by atoms with Gasteiger partial charge in [-0.2, -0.15) is 0 Å². The molecule has 9 heteroatoms. The highest BCUT2D eigenvalue weighted by atomic mass is 16.6. The molecule has 1 N–H and O–H groups in total. The first kappa shape index (κ1) is 30.7. The predicted molar refractivity (Wildman–Crippen MR) is 165 cm³/mol. The van der Waals surface area contributed by atoms with Crippen LogP contribution < -0.4 is 18.9 Å². The highest BCUT2D eigenvalue weighted by molar-refractivity contribution is 6.12. The fourth-order valence-electron chi connectivity index (χ4n) is 6.03. The Morgan fingerprint density at radius 2 is 1.59 bits per heavy atom. The van der Waals surface area contributed by atoms with E-state index in [2.05, 4.69) is 0 Å². The summed E-state index contributed by atoms with van der Waals surface area (Å²) in [5, 5.41) is 10.4. The van der Waals surface area contributed by atoms with Crippen molar-refractivity contribution in [1.29, 1.82) is 0 Å². The molecule has 0 spiro atoms. The number of nitrogens with zero attached hydrogens (tertiary/aromatic N) is 1. The molecule has 1 unspecified atom stereocenters. The number of hydrogen-bond donors (Lipinski definition) is 1. The molecule has 2 aliphatic rings. The number of fused-ring (bicyclic) bond motifs is 1. The summed E-state index contributed by atoms with van der Waals surface area (Å²) in [6.45, 7) is 4.12. The van der Waals surface area contributed by atoms with Crippen molar-refractivity contribution in [2.45, 2.75) is 38.5 Å². The number of phenols is 1. The summed E-state index contributed by atoms with van der Waals surface area (Å²) in [4.78, 5) is 32.5. The quantitative estimate of drug-likeness (QED) is 0.211. The first-order valence-corrected chi connectivity index (χ1v) is 14.7. The number of carbonyl (C=O) groups excluding carboxylic acids is 2. The van der Waals surface area contributed by atoms with Gasteiger partial charge in [0.1, 0.15) is 24.7 Å². The molecule has 3 aromatic rings. The number of methoxy groups -OCH3 is 2. The van der Waals surface area contributed by atoms with Crippen molar-refractivity contribution >= 4 is 17.5 Å². The van der Waals surface area contributed by atoms with E-state index in [0.717, 1.165) is 5.56 Å². The summed E-state index contributed by atoms with van der Waals surface area (Å²) < 4.78 is 27.9. The summed E-state index contributed by atoms with van der Waals surface area (Å²) in [5.74, 6) is 0.0905. The average molecular weight is 600 g/mol. The SMILES string of the molecule is CCOc1cc([C@H]2C(C(=O)OCCOc3ccccc3)=C(C)N=C3C[C@@H](c4ccc(OC)c(OC)c4)CC(=O)C32)ccc1O. The van der Waals surface area contributed by atoms with Crippen LogP contribution in [0.3, 0.4) is 0 Å². The lowest BCUT2D eigenvalue weighted by Crippen LogP contribution is -2.41. The summed E-state index contributed by atoms with van der Waals surface area (Å²) in [6, 6.07) is 19.9. The molecule has 44 heavy (non-hydrogen) atoms. The minimum atomic E-state index is -0.669. The van der Waals surface area contributed by atoms with E-state index >= 15 is 0 Å². The molecule has 9 nitrogen and oxygen atoms in total. The van der Waals surface area contributed by atoms with Crippen molar-refractivity contribution in [3.05, 3.63) is 89.1 Å². The fraction of sp³-hybridized carbons (Fsp3) is 0.343. The van der Waals surface area contributed by atoms with Gasteiger partial charge in [-0.1, -0.05) is 30.3 Å². The van der Waals surface area contributed by atoms with Crippen molar-refractivity contribution in [2.24, 2.45) is 10.9 Å². The van der Waals surface area contributed by atoms with Gasteiger partial charge in [-0.05, 0) is 73.7 Å². The van der Waals surface area contributed by atoms with Crippen LogP contribution in [-0.2, 0) is 14.3 Å². The molecule has 3 atom stereocenters. The Morgan fingerprint density at radius 1 is 0.864 bits per heavy atom. The monoisotopic (exact) mass is 599 g/mol. The van der Waals surface area contributed by atoms with E-state index in [-0.39, 0.29) is 42.8 Å². The van der Waals surface area contributed by atoms with Crippen LogP contribution in [0.5, 0.6) is 28.7 Å². The van der Waals surface area contributed by atoms with Crippen molar-refractivity contribution in [3.8, 4) is 28.7 Å². The molecule has 3 aromatic carbocycles. The minimum absolute atomic E-state index is 0.0214. The maximum atomic E-state index is 14.0. The van der Waals surface area contributed by atoms with Gasteiger partial charge in [-0.25, -0.2) is 4.79 Å². The smallest absolute Gasteiger partial charge is 0.336 e. The van der Waals surface area contributed by atoms with Gasteiger partial charge < -0.3 is 28.8 Å². The van der Waals surface area contributed by atoms with Crippen molar-refractivity contribution in [1.82, 2.24) is 0 Å². The number of rotatable bonds is 11. The van der Waals surface area contributed by atoms with E-state index in [1.165, 1.54) is 6.07 Å². The summed E-state index contributed by atoms with van der Waals surface area (Å²) in [7, 11) is 3.16. The molecule has 1 aliphatic heterocycles. The zero-order valence-corrected chi connectivity index (χ0v) is 25.4. The number of para-hydroxylation sites is 1. The molecule has 1 saturated carbocycles. The van der Waals surface area contributed by atoms with Crippen LogP contribution in [-0.4, -0.2) is 56.6 Å². The average Bonchev–Trinajstić information content (AvgIpc) is 3.03. The van der Waals surface area contributed by atoms with Gasteiger partial charge >= 0.3 is 5.97 Å². The second-order valence-corrected chi connectivity index (χ2v) is 10.7. The molecule has 1 aliphatic carbocycles. The van der Waals surface area contributed by atoms with Gasteiger partial charge in [0.05, 0.1) is 32.3 Å². The van der Waals surface area contributed by atoms with Gasteiger partial charge in [0.25, 0.3) is 0 Å². The van der Waals surface area contributed by atoms with Crippen LogP contribution in [0.25, 0.3) is 0 Å². The fourth-order valence-corrected chi connectivity index (χ4v) is 6.03. The number of allylic oxidation sites excluding steroid dienone is 1. The maximum Gasteiger partial charge on any atom is 0.336 e. The normalized spacial score (nSPS) is 19.5. The molecular formula is C35H37NO8. The van der Waals surface area contributed by atoms with E-state index < -0.39 is 17.8 Å². The van der Waals surface area contributed by atoms with E-state index in [1.807, 2.05) is 55.5 Å². The topological polar surface area (TPSA) is 113 Å². The van der Waals surface area contributed by atoms with Gasteiger partial charge in [0.15, 0.2) is 23.0 Å². The third kappa shape index (κ3) is 6.41. The lowest BCUT2D eigenvalue weighted by molar-refractivity contribution is -0.140. The van der Waals surface area contributed by atoms with Crippen molar-refractivity contribution in [2.75, 3.05) is 34.0 Å². The molecular weight excluding hydrogens is 562 g/mol. The molecule has 0 saturated heterocycles. The van der Waals surface area contributed by atoms with Crippen LogP contribution in [0.15, 0.2) is 83.0 Å². The molecule has 0 amide bonds. The Morgan fingerprint density at radius 3 is 2.32 bits per heavy atom. The molecule has 1 heterocycles. The van der Waals surface area contributed by atoms with Crippen LogP contribution in [0, 0.1) is 5.92 Å². The van der Waals surface area contributed by atoms with E-state index in [1.54, 1.807) is 33.3 Å². The second kappa shape index (κ2) is 13.7. The number of ether oxygens (including phenoxy) is 5. The Kier molecular flexibility index (Phi) is 9.53. The van der Waals surface area contributed by atoms with E-state index in [9.17, 15) is 14.7 Å². The Labute approximate surface area is 257 Å². The highest BCUT2D eigenvalue weighted by Gasteiger charge is 2.46. The van der Waals surface area contributed by atoms with Crippen LogP contribution >= 0.6 is 0 Å². The van der Waals surface area contributed by atoms with Gasteiger partial charge in [-0.15, -0.1) is 0 Å². The van der Waals surface area contributed by atoms with Crippen LogP contribution in [0.4, 0.5) is 0 Å². The van der Waals surface area contributed by atoms with Gasteiger partial charge in [0, 0.05) is 23.7 Å². The maximum absolute atomic E-state index is 14.0.